The molecule has 2 aromatic rings. The van der Waals surface area contributed by atoms with Crippen molar-refractivity contribution in [2.75, 3.05) is 25.0 Å². The molecule has 1 aromatic heterocycles. The molecule has 30 heavy (non-hydrogen) atoms. The van der Waals surface area contributed by atoms with Crippen LogP contribution in [-0.2, 0) is 11.2 Å². The average molecular weight is 545 g/mol. The number of hydrogen-bond acceptors (Lipinski definition) is 4. The number of hydrogen-bond donors (Lipinski definition) is 3. The molecule has 1 heterocycles. The Labute approximate surface area is 200 Å². The number of carbonyl (C=O) groups excluding carboxylic acids is 1. The fourth-order valence-corrected chi connectivity index (χ4v) is 3.24. The van der Waals surface area contributed by atoms with Crippen LogP contribution in [0.25, 0.3) is 0 Å². The van der Waals surface area contributed by atoms with Gasteiger partial charge in [0.2, 0.25) is 5.91 Å². The number of carbonyl (C=O) groups is 1. The Bertz CT molecular complexity index is 749. The molecule has 0 spiro atoms. The van der Waals surface area contributed by atoms with E-state index in [-0.39, 0.29) is 36.0 Å². The Morgan fingerprint density at radius 1 is 1.13 bits per heavy atom. The van der Waals surface area contributed by atoms with E-state index >= 15 is 0 Å². The van der Waals surface area contributed by atoms with Crippen molar-refractivity contribution in [3.05, 3.63) is 46.7 Å². The predicted octanol–water partition coefficient (Wildman–Crippen LogP) is 4.67. The first-order chi connectivity index (χ1) is 14.1. The average Bonchev–Trinajstić information content (AvgIpc) is 3.21. The van der Waals surface area contributed by atoms with Gasteiger partial charge in [0.1, 0.15) is 5.75 Å². The SMILES string of the molecule is CCCNC(=O)CCNC(=NCCc1cccs1)Nc1ccc(OC(C)C)cc1.I. The second-order valence-electron chi connectivity index (χ2n) is 6.90. The third-order valence-corrected chi connectivity index (χ3v) is 4.85. The van der Waals surface area contributed by atoms with Gasteiger partial charge in [-0.2, -0.15) is 0 Å². The molecular weight excluding hydrogens is 511 g/mol. The Balaban J connectivity index is 0.00000450. The molecule has 0 saturated carbocycles. The number of nitrogens with one attached hydrogen (secondary N) is 3. The third-order valence-electron chi connectivity index (χ3n) is 3.91. The molecule has 0 saturated heterocycles. The van der Waals surface area contributed by atoms with E-state index in [2.05, 4.69) is 38.5 Å². The van der Waals surface area contributed by atoms with Crippen molar-refractivity contribution in [2.24, 2.45) is 4.99 Å². The zero-order chi connectivity index (χ0) is 20.9. The van der Waals surface area contributed by atoms with E-state index in [0.717, 1.165) is 24.3 Å². The number of nitrogens with zero attached hydrogens (tertiary/aromatic N) is 1. The lowest BCUT2D eigenvalue weighted by Gasteiger charge is -2.14. The zero-order valence-electron chi connectivity index (χ0n) is 17.9. The molecular formula is C22H33IN4O2S. The number of amides is 1. The van der Waals surface area contributed by atoms with Gasteiger partial charge in [0.25, 0.3) is 0 Å². The molecule has 0 bridgehead atoms. The van der Waals surface area contributed by atoms with Crippen LogP contribution in [0.5, 0.6) is 5.75 Å². The van der Waals surface area contributed by atoms with Crippen LogP contribution >= 0.6 is 35.3 Å². The summed E-state index contributed by atoms with van der Waals surface area (Å²) in [6, 6.07) is 12.0. The maximum atomic E-state index is 11.8. The number of thiophene rings is 1. The predicted molar refractivity (Wildman–Crippen MR) is 137 cm³/mol. The lowest BCUT2D eigenvalue weighted by atomic mass is 10.3. The number of benzene rings is 1. The minimum atomic E-state index is 0. The highest BCUT2D eigenvalue weighted by atomic mass is 127. The van der Waals surface area contributed by atoms with E-state index in [0.29, 0.717) is 32.0 Å². The van der Waals surface area contributed by atoms with E-state index in [1.54, 1.807) is 11.3 Å². The van der Waals surface area contributed by atoms with E-state index < -0.39 is 0 Å². The van der Waals surface area contributed by atoms with Crippen LogP contribution in [0.2, 0.25) is 0 Å². The first kappa shape index (κ1) is 26.2. The molecule has 1 aromatic carbocycles. The van der Waals surface area contributed by atoms with E-state index in [4.69, 9.17) is 4.74 Å². The highest BCUT2D eigenvalue weighted by Gasteiger charge is 2.05. The zero-order valence-corrected chi connectivity index (χ0v) is 21.1. The second kappa shape index (κ2) is 15.1. The van der Waals surface area contributed by atoms with Crippen LogP contribution < -0.4 is 20.7 Å². The van der Waals surface area contributed by atoms with Crippen molar-refractivity contribution in [3.8, 4) is 5.75 Å². The molecule has 0 aliphatic heterocycles. The Morgan fingerprint density at radius 2 is 1.90 bits per heavy atom. The molecule has 0 aliphatic rings. The van der Waals surface area contributed by atoms with Crippen molar-refractivity contribution < 1.29 is 9.53 Å². The van der Waals surface area contributed by atoms with Gasteiger partial charge < -0.3 is 20.7 Å². The van der Waals surface area contributed by atoms with E-state index in [1.807, 2.05) is 45.0 Å². The summed E-state index contributed by atoms with van der Waals surface area (Å²) >= 11 is 1.74. The van der Waals surface area contributed by atoms with Crippen LogP contribution in [0, 0.1) is 0 Å². The number of aliphatic imine (C=N–C) groups is 1. The van der Waals surface area contributed by atoms with Crippen LogP contribution in [0.1, 0.15) is 38.5 Å². The molecule has 6 nitrogen and oxygen atoms in total. The highest BCUT2D eigenvalue weighted by Crippen LogP contribution is 2.17. The summed E-state index contributed by atoms with van der Waals surface area (Å²) in [6.45, 7) is 7.96. The van der Waals surface area contributed by atoms with Gasteiger partial charge in [0.05, 0.1) is 6.10 Å². The van der Waals surface area contributed by atoms with Gasteiger partial charge in [-0.1, -0.05) is 13.0 Å². The standard InChI is InChI=1S/C22H32N4O2S.HI/c1-4-13-23-21(27)12-15-25-22(24-14-11-20-6-5-16-29-20)26-18-7-9-19(10-8-18)28-17(2)3;/h5-10,16-17H,4,11-15H2,1-3H3,(H,23,27)(H2,24,25,26);1H. The molecule has 0 radical (unpaired) electrons. The molecule has 8 heteroatoms. The van der Waals surface area contributed by atoms with Gasteiger partial charge in [-0.05, 0) is 56.0 Å². The van der Waals surface area contributed by atoms with Crippen molar-refractivity contribution in [1.29, 1.82) is 0 Å². The summed E-state index contributed by atoms with van der Waals surface area (Å²) in [5.41, 5.74) is 0.916. The monoisotopic (exact) mass is 544 g/mol. The van der Waals surface area contributed by atoms with Crippen LogP contribution in [0.15, 0.2) is 46.8 Å². The number of guanidine groups is 1. The largest absolute Gasteiger partial charge is 0.491 e. The molecule has 166 valence electrons. The van der Waals surface area contributed by atoms with Crippen molar-refractivity contribution in [3.63, 3.8) is 0 Å². The Hall–Kier alpha value is -1.81. The van der Waals surface area contributed by atoms with Crippen molar-refractivity contribution >= 4 is 52.9 Å². The molecule has 0 atom stereocenters. The summed E-state index contributed by atoms with van der Waals surface area (Å²) < 4.78 is 5.69. The van der Waals surface area contributed by atoms with Gasteiger partial charge >= 0.3 is 0 Å². The lowest BCUT2D eigenvalue weighted by molar-refractivity contribution is -0.120. The number of halogens is 1. The van der Waals surface area contributed by atoms with Crippen molar-refractivity contribution in [2.45, 2.75) is 46.1 Å². The molecule has 3 N–H and O–H groups in total. The van der Waals surface area contributed by atoms with Gasteiger partial charge in [-0.25, -0.2) is 0 Å². The van der Waals surface area contributed by atoms with Crippen LogP contribution in [0.3, 0.4) is 0 Å². The van der Waals surface area contributed by atoms with Gasteiger partial charge in [-0.3, -0.25) is 9.79 Å². The summed E-state index contributed by atoms with van der Waals surface area (Å²) in [7, 11) is 0. The number of ether oxygens (including phenoxy) is 1. The van der Waals surface area contributed by atoms with Gasteiger partial charge in [0, 0.05) is 43.0 Å². The molecule has 0 unspecified atom stereocenters. The van der Waals surface area contributed by atoms with Gasteiger partial charge in [-0.15, -0.1) is 35.3 Å². The first-order valence-electron chi connectivity index (χ1n) is 10.2. The van der Waals surface area contributed by atoms with Crippen LogP contribution in [0.4, 0.5) is 5.69 Å². The fraction of sp³-hybridized carbons (Fsp3) is 0.455. The quantitative estimate of drug-likeness (QED) is 0.219. The maximum absolute atomic E-state index is 11.8. The van der Waals surface area contributed by atoms with E-state index in [9.17, 15) is 4.79 Å². The summed E-state index contributed by atoms with van der Waals surface area (Å²) in [5, 5.41) is 11.5. The molecule has 1 amide bonds. The lowest BCUT2D eigenvalue weighted by Crippen LogP contribution is -2.35. The van der Waals surface area contributed by atoms with Gasteiger partial charge in [0.15, 0.2) is 5.96 Å². The van der Waals surface area contributed by atoms with Crippen LogP contribution in [-0.4, -0.2) is 37.6 Å². The van der Waals surface area contributed by atoms with E-state index in [1.165, 1.54) is 4.88 Å². The minimum Gasteiger partial charge on any atom is -0.491 e. The second-order valence-corrected chi connectivity index (χ2v) is 7.93. The van der Waals surface area contributed by atoms with Crippen molar-refractivity contribution in [1.82, 2.24) is 10.6 Å². The maximum Gasteiger partial charge on any atom is 0.221 e. The minimum absolute atomic E-state index is 0. The topological polar surface area (TPSA) is 74.8 Å². The summed E-state index contributed by atoms with van der Waals surface area (Å²) in [6.07, 6.45) is 2.38. The normalized spacial score (nSPS) is 11.0. The molecule has 0 aliphatic carbocycles. The smallest absolute Gasteiger partial charge is 0.221 e. The molecule has 2 rings (SSSR count). The molecule has 0 fully saturated rings. The Morgan fingerprint density at radius 3 is 2.53 bits per heavy atom. The fourth-order valence-electron chi connectivity index (χ4n) is 2.55. The first-order valence-corrected chi connectivity index (χ1v) is 11.1. The third kappa shape index (κ3) is 10.8. The summed E-state index contributed by atoms with van der Waals surface area (Å²) in [5.74, 6) is 1.55. The highest BCUT2D eigenvalue weighted by molar-refractivity contribution is 14.0. The Kier molecular flexibility index (Phi) is 13.2. The number of anilines is 1. The summed E-state index contributed by atoms with van der Waals surface area (Å²) in [4.78, 5) is 17.8. The number of rotatable bonds is 11.